The molecule has 0 aliphatic heterocycles. The largest absolute Gasteiger partial charge is 0.353 e. The molecule has 0 aromatic carbocycles. The van der Waals surface area contributed by atoms with Crippen LogP contribution in [0, 0.1) is 11.8 Å². The van der Waals surface area contributed by atoms with Crippen molar-refractivity contribution in [2.75, 3.05) is 5.32 Å². The molecule has 0 saturated heterocycles. The maximum absolute atomic E-state index is 4.20. The molecule has 2 rings (SSSR count). The van der Waals surface area contributed by atoms with Crippen LogP contribution < -0.4 is 5.32 Å². The lowest BCUT2D eigenvalue weighted by molar-refractivity contribution is 0.252. The summed E-state index contributed by atoms with van der Waals surface area (Å²) in [5, 5.41) is 3.47. The predicted octanol–water partition coefficient (Wildman–Crippen LogP) is 2.65. The smallest absolute Gasteiger partial charge is 0.200 e. The van der Waals surface area contributed by atoms with Crippen molar-refractivity contribution in [3.8, 4) is 0 Å². The van der Waals surface area contributed by atoms with Gasteiger partial charge in [-0.2, -0.15) is 0 Å². The molecule has 1 saturated carbocycles. The predicted molar refractivity (Wildman–Crippen MR) is 58.2 cm³/mol. The number of rotatable bonds is 2. The third kappa shape index (κ3) is 1.91. The summed E-state index contributed by atoms with van der Waals surface area (Å²) >= 11 is 0. The minimum Gasteiger partial charge on any atom is -0.353 e. The van der Waals surface area contributed by atoms with E-state index in [9.17, 15) is 0 Å². The Morgan fingerprint density at radius 1 is 1.43 bits per heavy atom. The Kier molecular flexibility index (Phi) is 2.75. The van der Waals surface area contributed by atoms with E-state index in [1.165, 1.54) is 19.3 Å². The molecule has 1 aliphatic rings. The molecular weight excluding hydrogens is 174 g/mol. The highest BCUT2D eigenvalue weighted by Gasteiger charge is 2.27. The lowest BCUT2D eigenvalue weighted by Crippen LogP contribution is -2.35. The molecule has 1 heterocycles. The Bertz CT molecular complexity index is 268. The molecule has 3 heteroatoms. The van der Waals surface area contributed by atoms with Crippen LogP contribution in [0.5, 0.6) is 0 Å². The molecule has 14 heavy (non-hydrogen) atoms. The summed E-state index contributed by atoms with van der Waals surface area (Å²) in [4.78, 5) is 7.30. The first kappa shape index (κ1) is 9.56. The first-order valence-electron chi connectivity index (χ1n) is 5.53. The van der Waals surface area contributed by atoms with Gasteiger partial charge in [0.1, 0.15) is 0 Å². The zero-order chi connectivity index (χ0) is 9.97. The van der Waals surface area contributed by atoms with Crippen molar-refractivity contribution >= 4 is 5.95 Å². The van der Waals surface area contributed by atoms with Crippen LogP contribution in [0.4, 0.5) is 5.95 Å². The summed E-state index contributed by atoms with van der Waals surface area (Å²) in [6, 6.07) is 0.588. The van der Waals surface area contributed by atoms with Crippen molar-refractivity contribution in [2.45, 2.75) is 39.2 Å². The summed E-state index contributed by atoms with van der Waals surface area (Å²) in [5.74, 6) is 2.49. The van der Waals surface area contributed by atoms with Gasteiger partial charge in [0.2, 0.25) is 0 Å². The van der Waals surface area contributed by atoms with E-state index >= 15 is 0 Å². The molecule has 0 spiro atoms. The highest BCUT2D eigenvalue weighted by Crippen LogP contribution is 2.30. The molecule has 1 aromatic heterocycles. The molecular formula is C11H19N3. The summed E-state index contributed by atoms with van der Waals surface area (Å²) < 4.78 is 0. The maximum atomic E-state index is 4.20. The Morgan fingerprint density at radius 2 is 2.29 bits per heavy atom. The first-order chi connectivity index (χ1) is 6.77. The van der Waals surface area contributed by atoms with E-state index in [4.69, 9.17) is 0 Å². The minimum absolute atomic E-state index is 0.588. The van der Waals surface area contributed by atoms with E-state index in [1.54, 1.807) is 6.20 Å². The quantitative estimate of drug-likeness (QED) is 0.758. The number of hydrogen-bond donors (Lipinski definition) is 2. The molecule has 3 atom stereocenters. The van der Waals surface area contributed by atoms with Gasteiger partial charge in [0.05, 0.1) is 0 Å². The van der Waals surface area contributed by atoms with Crippen LogP contribution in [0.3, 0.4) is 0 Å². The topological polar surface area (TPSA) is 40.7 Å². The second kappa shape index (κ2) is 4.03. The number of aromatic amines is 1. The zero-order valence-electron chi connectivity index (χ0n) is 8.96. The van der Waals surface area contributed by atoms with Gasteiger partial charge in [0, 0.05) is 18.4 Å². The molecule has 1 fully saturated rings. The highest BCUT2D eigenvalue weighted by molar-refractivity contribution is 5.25. The van der Waals surface area contributed by atoms with Gasteiger partial charge in [-0.25, -0.2) is 4.98 Å². The van der Waals surface area contributed by atoms with E-state index in [0.29, 0.717) is 6.04 Å². The highest BCUT2D eigenvalue weighted by atomic mass is 15.1. The summed E-state index contributed by atoms with van der Waals surface area (Å²) in [5.41, 5.74) is 0. The van der Waals surface area contributed by atoms with Crippen LogP contribution in [0.25, 0.3) is 0 Å². The third-order valence-electron chi connectivity index (χ3n) is 3.53. The standard InChI is InChI=1S/C11H19N3/c1-8-4-3-5-10(9(8)2)14-11-12-6-7-13-11/h6-10H,3-5H2,1-2H3,(H2,12,13,14). The fourth-order valence-corrected chi connectivity index (χ4v) is 2.31. The summed E-state index contributed by atoms with van der Waals surface area (Å²) in [7, 11) is 0. The average molecular weight is 193 g/mol. The fourth-order valence-electron chi connectivity index (χ4n) is 2.31. The van der Waals surface area contributed by atoms with Crippen LogP contribution in [-0.4, -0.2) is 16.0 Å². The average Bonchev–Trinajstić information content (AvgIpc) is 2.66. The van der Waals surface area contributed by atoms with Crippen molar-refractivity contribution in [1.82, 2.24) is 9.97 Å². The Hall–Kier alpha value is -0.990. The van der Waals surface area contributed by atoms with Crippen LogP contribution >= 0.6 is 0 Å². The van der Waals surface area contributed by atoms with E-state index in [-0.39, 0.29) is 0 Å². The molecule has 78 valence electrons. The lowest BCUT2D eigenvalue weighted by atomic mass is 9.78. The van der Waals surface area contributed by atoms with Gasteiger partial charge in [-0.15, -0.1) is 0 Å². The van der Waals surface area contributed by atoms with E-state index < -0.39 is 0 Å². The molecule has 3 nitrogen and oxygen atoms in total. The van der Waals surface area contributed by atoms with Crippen molar-refractivity contribution in [3.63, 3.8) is 0 Å². The molecule has 3 unspecified atom stereocenters. The van der Waals surface area contributed by atoms with Gasteiger partial charge in [-0.3, -0.25) is 0 Å². The van der Waals surface area contributed by atoms with Crippen LogP contribution in [-0.2, 0) is 0 Å². The van der Waals surface area contributed by atoms with E-state index in [1.807, 2.05) is 6.20 Å². The summed E-state index contributed by atoms with van der Waals surface area (Å²) in [6.45, 7) is 4.69. The van der Waals surface area contributed by atoms with Crippen LogP contribution in [0.2, 0.25) is 0 Å². The van der Waals surface area contributed by atoms with Crippen molar-refractivity contribution in [2.24, 2.45) is 11.8 Å². The van der Waals surface area contributed by atoms with Crippen LogP contribution in [0.1, 0.15) is 33.1 Å². The van der Waals surface area contributed by atoms with E-state index in [2.05, 4.69) is 29.1 Å². The van der Waals surface area contributed by atoms with Gasteiger partial charge in [-0.05, 0) is 18.3 Å². The van der Waals surface area contributed by atoms with Crippen molar-refractivity contribution in [1.29, 1.82) is 0 Å². The molecule has 0 bridgehead atoms. The number of nitrogens with one attached hydrogen (secondary N) is 2. The number of anilines is 1. The van der Waals surface area contributed by atoms with Gasteiger partial charge < -0.3 is 10.3 Å². The molecule has 0 amide bonds. The lowest BCUT2D eigenvalue weighted by Gasteiger charge is -2.34. The van der Waals surface area contributed by atoms with Gasteiger partial charge in [0.25, 0.3) is 0 Å². The Labute approximate surface area is 85.3 Å². The number of hydrogen-bond acceptors (Lipinski definition) is 2. The van der Waals surface area contributed by atoms with Crippen LogP contribution in [0.15, 0.2) is 12.4 Å². The summed E-state index contributed by atoms with van der Waals surface area (Å²) in [6.07, 6.45) is 7.63. The second-order valence-electron chi connectivity index (χ2n) is 4.46. The number of imidazole rings is 1. The Balaban J connectivity index is 1.97. The Morgan fingerprint density at radius 3 is 3.00 bits per heavy atom. The number of H-pyrrole nitrogens is 1. The van der Waals surface area contributed by atoms with Crippen molar-refractivity contribution < 1.29 is 0 Å². The molecule has 1 aromatic rings. The monoisotopic (exact) mass is 193 g/mol. The minimum atomic E-state index is 0.588. The third-order valence-corrected chi connectivity index (χ3v) is 3.53. The first-order valence-corrected chi connectivity index (χ1v) is 5.53. The maximum Gasteiger partial charge on any atom is 0.200 e. The molecule has 0 radical (unpaired) electrons. The van der Waals surface area contributed by atoms with E-state index in [0.717, 1.165) is 17.8 Å². The normalized spacial score (nSPS) is 32.9. The van der Waals surface area contributed by atoms with Gasteiger partial charge >= 0.3 is 0 Å². The molecule has 1 aliphatic carbocycles. The second-order valence-corrected chi connectivity index (χ2v) is 4.46. The zero-order valence-corrected chi connectivity index (χ0v) is 8.96. The number of nitrogens with zero attached hydrogens (tertiary/aromatic N) is 1. The number of aromatic nitrogens is 2. The van der Waals surface area contributed by atoms with Gasteiger partial charge in [0.15, 0.2) is 5.95 Å². The van der Waals surface area contributed by atoms with Gasteiger partial charge in [-0.1, -0.05) is 26.7 Å². The SMILES string of the molecule is CC1CCCC(Nc2ncc[nH]2)C1C. The fraction of sp³-hybridized carbons (Fsp3) is 0.727. The van der Waals surface area contributed by atoms with Crippen molar-refractivity contribution in [3.05, 3.63) is 12.4 Å². The molecule has 2 N–H and O–H groups in total.